The highest BCUT2D eigenvalue weighted by molar-refractivity contribution is 8.00. The van der Waals surface area contributed by atoms with Crippen LogP contribution in [0.25, 0.3) is 10.2 Å². The second kappa shape index (κ2) is 6.90. The van der Waals surface area contributed by atoms with Crippen LogP contribution in [0.1, 0.15) is 24.1 Å². The fourth-order valence-electron chi connectivity index (χ4n) is 2.46. The lowest BCUT2D eigenvalue weighted by Gasteiger charge is -2.13. The molecule has 1 aromatic carbocycles. The van der Waals surface area contributed by atoms with Gasteiger partial charge in [0.25, 0.3) is 0 Å². The molecule has 0 aliphatic rings. The number of halogens is 4. The highest BCUT2D eigenvalue weighted by atomic mass is 35.5. The molecule has 0 bridgehead atoms. The van der Waals surface area contributed by atoms with E-state index in [1.54, 1.807) is 12.1 Å². The van der Waals surface area contributed by atoms with Gasteiger partial charge in [0.1, 0.15) is 11.2 Å². The maximum absolute atomic E-state index is 12.4. The zero-order chi connectivity index (χ0) is 17.3. The van der Waals surface area contributed by atoms with Crippen LogP contribution in [0.2, 0.25) is 5.02 Å². The Balaban J connectivity index is 1.79. The molecule has 0 radical (unpaired) electrons. The number of fused-ring (bicyclic) bond motifs is 1. The number of hydrogen-bond donors (Lipinski definition) is 0. The SMILES string of the molecule is C[C@@H](Cc1ncnc2scc(Cl)c12)c1ccc(SC(F)(F)F)cc1. The fraction of sp³-hybridized carbons (Fsp3) is 0.250. The van der Waals surface area contributed by atoms with Gasteiger partial charge in [0.15, 0.2) is 0 Å². The third-order valence-corrected chi connectivity index (χ3v) is 5.64. The van der Waals surface area contributed by atoms with E-state index >= 15 is 0 Å². The molecule has 0 spiro atoms. The first kappa shape index (κ1) is 17.5. The Morgan fingerprint density at radius 1 is 1.21 bits per heavy atom. The van der Waals surface area contributed by atoms with Gasteiger partial charge in [-0.15, -0.1) is 11.3 Å². The summed E-state index contributed by atoms with van der Waals surface area (Å²) in [6.45, 7) is 2.01. The van der Waals surface area contributed by atoms with E-state index in [0.717, 1.165) is 21.5 Å². The first-order valence-corrected chi connectivity index (χ1v) is 9.13. The van der Waals surface area contributed by atoms with Crippen molar-refractivity contribution in [3.8, 4) is 0 Å². The van der Waals surface area contributed by atoms with Crippen molar-refractivity contribution in [2.24, 2.45) is 0 Å². The summed E-state index contributed by atoms with van der Waals surface area (Å²) in [7, 11) is 0. The molecule has 0 aliphatic carbocycles. The van der Waals surface area contributed by atoms with Crippen LogP contribution in [0, 0.1) is 0 Å². The Hall–Kier alpha value is -1.31. The Morgan fingerprint density at radius 3 is 2.58 bits per heavy atom. The number of thiophene rings is 1. The van der Waals surface area contributed by atoms with Crippen molar-refractivity contribution < 1.29 is 13.2 Å². The summed E-state index contributed by atoms with van der Waals surface area (Å²) in [6.07, 6.45) is 2.15. The highest BCUT2D eigenvalue weighted by Gasteiger charge is 2.29. The van der Waals surface area contributed by atoms with E-state index in [1.165, 1.54) is 29.8 Å². The monoisotopic (exact) mass is 388 g/mol. The average molecular weight is 389 g/mol. The predicted octanol–water partition coefficient (Wildman–Crippen LogP) is 6.30. The largest absolute Gasteiger partial charge is 0.446 e. The van der Waals surface area contributed by atoms with Gasteiger partial charge in [-0.2, -0.15) is 13.2 Å². The number of hydrogen-bond acceptors (Lipinski definition) is 4. The molecule has 2 heterocycles. The van der Waals surface area contributed by atoms with E-state index < -0.39 is 5.51 Å². The van der Waals surface area contributed by atoms with Crippen molar-refractivity contribution in [2.45, 2.75) is 29.7 Å². The van der Waals surface area contributed by atoms with Crippen LogP contribution in [0.5, 0.6) is 0 Å². The lowest BCUT2D eigenvalue weighted by molar-refractivity contribution is -0.0328. The molecule has 0 saturated carbocycles. The molecule has 126 valence electrons. The maximum atomic E-state index is 12.4. The number of benzene rings is 1. The third kappa shape index (κ3) is 4.02. The molecule has 0 saturated heterocycles. The summed E-state index contributed by atoms with van der Waals surface area (Å²) in [5.74, 6) is 0.101. The van der Waals surface area contributed by atoms with Crippen LogP contribution < -0.4 is 0 Å². The minimum absolute atomic E-state index is 0.101. The molecule has 24 heavy (non-hydrogen) atoms. The van der Waals surface area contributed by atoms with Crippen molar-refractivity contribution in [1.82, 2.24) is 9.97 Å². The first-order chi connectivity index (χ1) is 11.3. The van der Waals surface area contributed by atoms with Crippen LogP contribution in [-0.4, -0.2) is 15.5 Å². The van der Waals surface area contributed by atoms with E-state index in [2.05, 4.69) is 9.97 Å². The van der Waals surface area contributed by atoms with Gasteiger partial charge in [0, 0.05) is 10.3 Å². The van der Waals surface area contributed by atoms with Gasteiger partial charge in [-0.25, -0.2) is 9.97 Å². The van der Waals surface area contributed by atoms with Crippen LogP contribution in [0.4, 0.5) is 13.2 Å². The van der Waals surface area contributed by atoms with Gasteiger partial charge >= 0.3 is 5.51 Å². The topological polar surface area (TPSA) is 25.8 Å². The van der Waals surface area contributed by atoms with E-state index in [9.17, 15) is 13.2 Å². The zero-order valence-electron chi connectivity index (χ0n) is 12.5. The molecular weight excluding hydrogens is 377 g/mol. The second-order valence-corrected chi connectivity index (χ2v) is 7.71. The molecular formula is C16H12ClF3N2S2. The summed E-state index contributed by atoms with van der Waals surface area (Å²) in [4.78, 5) is 9.56. The first-order valence-electron chi connectivity index (χ1n) is 7.06. The summed E-state index contributed by atoms with van der Waals surface area (Å²) in [5.41, 5.74) is -2.46. The number of alkyl halides is 3. The second-order valence-electron chi connectivity index (χ2n) is 5.31. The van der Waals surface area contributed by atoms with Gasteiger partial charge in [-0.3, -0.25) is 0 Å². The predicted molar refractivity (Wildman–Crippen MR) is 92.9 cm³/mol. The minimum Gasteiger partial charge on any atom is -0.241 e. The molecule has 0 N–H and O–H groups in total. The number of thioether (sulfide) groups is 1. The molecule has 0 fully saturated rings. The van der Waals surface area contributed by atoms with Crippen molar-refractivity contribution in [3.63, 3.8) is 0 Å². The van der Waals surface area contributed by atoms with Crippen LogP contribution in [0.15, 0.2) is 40.9 Å². The van der Waals surface area contributed by atoms with Crippen molar-refractivity contribution in [3.05, 3.63) is 52.3 Å². The van der Waals surface area contributed by atoms with E-state index in [-0.39, 0.29) is 22.6 Å². The number of aromatic nitrogens is 2. The van der Waals surface area contributed by atoms with Gasteiger partial charge in [-0.05, 0) is 41.8 Å². The molecule has 3 aromatic rings. The fourth-order valence-corrected chi connectivity index (χ4v) is 4.17. The van der Waals surface area contributed by atoms with Crippen LogP contribution in [0.3, 0.4) is 0 Å². The van der Waals surface area contributed by atoms with Crippen molar-refractivity contribution >= 4 is 44.9 Å². The minimum atomic E-state index is -4.27. The number of nitrogens with zero attached hydrogens (tertiary/aromatic N) is 2. The smallest absolute Gasteiger partial charge is 0.241 e. The average Bonchev–Trinajstić information content (AvgIpc) is 2.89. The lowest BCUT2D eigenvalue weighted by Crippen LogP contribution is -2.02. The Kier molecular flexibility index (Phi) is 5.03. The lowest BCUT2D eigenvalue weighted by atomic mass is 9.95. The van der Waals surface area contributed by atoms with Gasteiger partial charge in [0.05, 0.1) is 16.1 Å². The van der Waals surface area contributed by atoms with Crippen molar-refractivity contribution in [2.75, 3.05) is 0 Å². The molecule has 8 heteroatoms. The van der Waals surface area contributed by atoms with Gasteiger partial charge in [0.2, 0.25) is 0 Å². The molecule has 0 unspecified atom stereocenters. The Bertz CT molecular complexity index is 847. The van der Waals surface area contributed by atoms with Crippen LogP contribution >= 0.6 is 34.7 Å². The van der Waals surface area contributed by atoms with Gasteiger partial charge in [-0.1, -0.05) is 30.7 Å². The number of rotatable bonds is 4. The van der Waals surface area contributed by atoms with E-state index in [4.69, 9.17) is 11.6 Å². The van der Waals surface area contributed by atoms with Crippen LogP contribution in [-0.2, 0) is 6.42 Å². The summed E-state index contributed by atoms with van der Waals surface area (Å²) in [6, 6.07) is 6.45. The Labute approximate surface area is 150 Å². The third-order valence-electron chi connectivity index (χ3n) is 3.59. The van der Waals surface area contributed by atoms with E-state index in [1.807, 2.05) is 12.3 Å². The molecule has 2 aromatic heterocycles. The van der Waals surface area contributed by atoms with Gasteiger partial charge < -0.3 is 0 Å². The molecule has 3 rings (SSSR count). The molecule has 0 aliphatic heterocycles. The zero-order valence-corrected chi connectivity index (χ0v) is 14.9. The van der Waals surface area contributed by atoms with E-state index in [0.29, 0.717) is 11.4 Å². The quantitative estimate of drug-likeness (QED) is 0.490. The summed E-state index contributed by atoms with van der Waals surface area (Å²) >= 11 is 7.57. The summed E-state index contributed by atoms with van der Waals surface area (Å²) < 4.78 is 37.1. The molecule has 1 atom stereocenters. The molecule has 2 nitrogen and oxygen atoms in total. The maximum Gasteiger partial charge on any atom is 0.446 e. The standard InChI is InChI=1S/C16H12ClF3N2S2/c1-9(10-2-4-11(5-3-10)24-16(18,19)20)6-13-14-12(17)7-23-15(14)22-8-21-13/h2-5,7-9H,6H2,1H3/t9-/m0/s1. The Morgan fingerprint density at radius 2 is 1.92 bits per heavy atom. The van der Waals surface area contributed by atoms with Crippen molar-refractivity contribution in [1.29, 1.82) is 0 Å². The highest BCUT2D eigenvalue weighted by Crippen LogP contribution is 2.37. The summed E-state index contributed by atoms with van der Waals surface area (Å²) in [5, 5.41) is 3.33. The normalized spacial score (nSPS) is 13.4. The molecule has 0 amide bonds.